The van der Waals surface area contributed by atoms with E-state index in [0.29, 0.717) is 11.3 Å². The molecule has 1 saturated carbocycles. The van der Waals surface area contributed by atoms with Gasteiger partial charge in [-0.05, 0) is 55.7 Å². The van der Waals surface area contributed by atoms with Crippen LogP contribution in [0.15, 0.2) is 42.5 Å². The Labute approximate surface area is 152 Å². The lowest BCUT2D eigenvalue weighted by Crippen LogP contribution is -2.36. The third kappa shape index (κ3) is 4.28. The zero-order valence-corrected chi connectivity index (χ0v) is 14.8. The predicted octanol–water partition coefficient (Wildman–Crippen LogP) is 4.45. The number of rotatable bonds is 4. The summed E-state index contributed by atoms with van der Waals surface area (Å²) in [7, 11) is 0. The van der Waals surface area contributed by atoms with Crippen molar-refractivity contribution in [3.05, 3.63) is 65.0 Å². The van der Waals surface area contributed by atoms with Crippen molar-refractivity contribution in [2.75, 3.05) is 5.32 Å². The Bertz CT molecular complexity index is 813. The van der Waals surface area contributed by atoms with Crippen molar-refractivity contribution in [3.8, 4) is 0 Å². The van der Waals surface area contributed by atoms with Gasteiger partial charge in [0.05, 0.1) is 5.56 Å². The molecular formula is C21H23FN2O2. The molecule has 26 heavy (non-hydrogen) atoms. The summed E-state index contributed by atoms with van der Waals surface area (Å²) < 4.78 is 13.7. The minimum absolute atomic E-state index is 0.00832. The largest absolute Gasteiger partial charge is 0.349 e. The molecule has 0 bridgehead atoms. The molecule has 2 aromatic rings. The van der Waals surface area contributed by atoms with Gasteiger partial charge in [-0.3, -0.25) is 9.59 Å². The molecule has 0 aliphatic heterocycles. The number of carbonyl (C=O) groups is 2. The highest BCUT2D eigenvalue weighted by Gasteiger charge is 2.18. The summed E-state index contributed by atoms with van der Waals surface area (Å²) in [6.07, 6.45) is 5.61. The number of hydrogen-bond donors (Lipinski definition) is 2. The molecular weight excluding hydrogens is 331 g/mol. The van der Waals surface area contributed by atoms with Crippen molar-refractivity contribution in [2.24, 2.45) is 0 Å². The van der Waals surface area contributed by atoms with E-state index in [4.69, 9.17) is 0 Å². The van der Waals surface area contributed by atoms with Gasteiger partial charge < -0.3 is 10.6 Å². The lowest BCUT2D eigenvalue weighted by molar-refractivity contribution is 0.0927. The van der Waals surface area contributed by atoms with Crippen molar-refractivity contribution < 1.29 is 14.0 Å². The maximum Gasteiger partial charge on any atom is 0.258 e. The quantitative estimate of drug-likeness (QED) is 0.852. The minimum atomic E-state index is -0.564. The fourth-order valence-corrected chi connectivity index (χ4v) is 3.30. The van der Waals surface area contributed by atoms with E-state index in [0.717, 1.165) is 31.2 Å². The number of carbonyl (C=O) groups excluding carboxylic acids is 2. The van der Waals surface area contributed by atoms with Crippen molar-refractivity contribution in [1.82, 2.24) is 5.32 Å². The highest BCUT2D eigenvalue weighted by atomic mass is 19.1. The lowest BCUT2D eigenvalue weighted by atomic mass is 9.95. The van der Waals surface area contributed by atoms with Crippen LogP contribution in [0.4, 0.5) is 10.1 Å². The van der Waals surface area contributed by atoms with Crippen LogP contribution >= 0.6 is 0 Å². The van der Waals surface area contributed by atoms with Crippen LogP contribution in [0.2, 0.25) is 0 Å². The molecule has 1 fully saturated rings. The van der Waals surface area contributed by atoms with Crippen LogP contribution in [0.5, 0.6) is 0 Å². The van der Waals surface area contributed by atoms with Gasteiger partial charge in [0.2, 0.25) is 0 Å². The number of hydrogen-bond acceptors (Lipinski definition) is 2. The summed E-state index contributed by atoms with van der Waals surface area (Å²) in [6, 6.07) is 11.2. The Balaban J connectivity index is 1.68. The molecule has 1 aliphatic rings. The molecule has 0 unspecified atom stereocenters. The first-order chi connectivity index (χ1) is 12.5. The molecule has 0 heterocycles. The van der Waals surface area contributed by atoms with Gasteiger partial charge in [-0.15, -0.1) is 0 Å². The van der Waals surface area contributed by atoms with Gasteiger partial charge in [-0.2, -0.15) is 0 Å². The third-order valence-corrected chi connectivity index (χ3v) is 4.80. The maximum atomic E-state index is 13.7. The Morgan fingerprint density at radius 2 is 1.73 bits per heavy atom. The van der Waals surface area contributed by atoms with Crippen LogP contribution in [0.1, 0.15) is 58.4 Å². The molecule has 0 spiro atoms. The Morgan fingerprint density at radius 3 is 2.42 bits per heavy atom. The fraction of sp³-hybridized carbons (Fsp3) is 0.333. The molecule has 1 aliphatic carbocycles. The van der Waals surface area contributed by atoms with Crippen LogP contribution in [0.3, 0.4) is 0 Å². The van der Waals surface area contributed by atoms with E-state index in [9.17, 15) is 14.0 Å². The minimum Gasteiger partial charge on any atom is -0.349 e. The Kier molecular flexibility index (Phi) is 5.66. The first-order valence-corrected chi connectivity index (χ1v) is 9.02. The standard InChI is InChI=1S/C21H23FN2O2/c1-14-13-15(20(25)23-16-7-3-2-4-8-16)11-12-19(14)24-21(26)17-9-5-6-10-18(17)22/h5-6,9-13,16H,2-4,7-8H2,1H3,(H,23,25)(H,24,26). The van der Waals surface area contributed by atoms with E-state index >= 15 is 0 Å². The second-order valence-electron chi connectivity index (χ2n) is 6.77. The third-order valence-electron chi connectivity index (χ3n) is 4.80. The number of nitrogens with one attached hydrogen (secondary N) is 2. The Hall–Kier alpha value is -2.69. The fourth-order valence-electron chi connectivity index (χ4n) is 3.30. The van der Waals surface area contributed by atoms with Crippen LogP contribution in [0, 0.1) is 12.7 Å². The van der Waals surface area contributed by atoms with E-state index in [1.807, 2.05) is 6.92 Å². The predicted molar refractivity (Wildman–Crippen MR) is 99.9 cm³/mol. The lowest BCUT2D eigenvalue weighted by Gasteiger charge is -2.23. The molecule has 3 rings (SSSR count). The zero-order valence-electron chi connectivity index (χ0n) is 14.8. The molecule has 2 amide bonds. The number of aryl methyl sites for hydroxylation is 1. The van der Waals surface area contributed by atoms with Crippen LogP contribution in [-0.2, 0) is 0 Å². The maximum absolute atomic E-state index is 13.7. The van der Waals surface area contributed by atoms with Gasteiger partial charge in [0.25, 0.3) is 11.8 Å². The molecule has 0 radical (unpaired) electrons. The summed E-state index contributed by atoms with van der Waals surface area (Å²) in [5, 5.41) is 5.78. The second-order valence-corrected chi connectivity index (χ2v) is 6.77. The van der Waals surface area contributed by atoms with Crippen LogP contribution < -0.4 is 10.6 Å². The number of anilines is 1. The summed E-state index contributed by atoms with van der Waals surface area (Å²) in [5.74, 6) is -1.16. The summed E-state index contributed by atoms with van der Waals surface area (Å²) >= 11 is 0. The van der Waals surface area contributed by atoms with Crippen molar-refractivity contribution in [2.45, 2.75) is 45.1 Å². The Morgan fingerprint density at radius 1 is 1.00 bits per heavy atom. The number of halogens is 1. The normalized spacial score (nSPS) is 14.7. The molecule has 0 atom stereocenters. The molecule has 2 N–H and O–H groups in total. The number of amides is 2. The molecule has 136 valence electrons. The SMILES string of the molecule is Cc1cc(C(=O)NC2CCCCC2)ccc1NC(=O)c1ccccc1F. The smallest absolute Gasteiger partial charge is 0.258 e. The average Bonchev–Trinajstić information content (AvgIpc) is 2.64. The zero-order chi connectivity index (χ0) is 18.5. The molecule has 0 aromatic heterocycles. The van der Waals surface area contributed by atoms with E-state index in [-0.39, 0.29) is 17.5 Å². The van der Waals surface area contributed by atoms with E-state index < -0.39 is 11.7 Å². The van der Waals surface area contributed by atoms with E-state index in [1.54, 1.807) is 24.3 Å². The van der Waals surface area contributed by atoms with Crippen molar-refractivity contribution >= 4 is 17.5 Å². The highest BCUT2D eigenvalue weighted by Crippen LogP contribution is 2.20. The second kappa shape index (κ2) is 8.13. The molecule has 2 aromatic carbocycles. The summed E-state index contributed by atoms with van der Waals surface area (Å²) in [6.45, 7) is 1.81. The van der Waals surface area contributed by atoms with E-state index in [1.165, 1.54) is 24.6 Å². The first kappa shape index (κ1) is 18.1. The van der Waals surface area contributed by atoms with Gasteiger partial charge in [-0.25, -0.2) is 4.39 Å². The summed E-state index contributed by atoms with van der Waals surface area (Å²) in [4.78, 5) is 24.7. The van der Waals surface area contributed by atoms with Crippen molar-refractivity contribution in [1.29, 1.82) is 0 Å². The molecule has 5 heteroatoms. The van der Waals surface area contributed by atoms with Gasteiger partial charge in [0, 0.05) is 17.3 Å². The first-order valence-electron chi connectivity index (χ1n) is 9.02. The topological polar surface area (TPSA) is 58.2 Å². The van der Waals surface area contributed by atoms with Gasteiger partial charge in [0.1, 0.15) is 5.82 Å². The van der Waals surface area contributed by atoms with Gasteiger partial charge >= 0.3 is 0 Å². The summed E-state index contributed by atoms with van der Waals surface area (Å²) in [5.41, 5.74) is 1.88. The highest BCUT2D eigenvalue weighted by molar-refractivity contribution is 6.05. The monoisotopic (exact) mass is 354 g/mol. The van der Waals surface area contributed by atoms with Crippen LogP contribution in [-0.4, -0.2) is 17.9 Å². The van der Waals surface area contributed by atoms with Gasteiger partial charge in [-0.1, -0.05) is 31.4 Å². The average molecular weight is 354 g/mol. The molecule has 0 saturated heterocycles. The van der Waals surface area contributed by atoms with Crippen molar-refractivity contribution in [3.63, 3.8) is 0 Å². The number of benzene rings is 2. The van der Waals surface area contributed by atoms with E-state index in [2.05, 4.69) is 10.6 Å². The van der Waals surface area contributed by atoms with Gasteiger partial charge in [0.15, 0.2) is 0 Å². The van der Waals surface area contributed by atoms with Crippen LogP contribution in [0.25, 0.3) is 0 Å². The molecule has 4 nitrogen and oxygen atoms in total.